The number of carbonyl (C=O) groups excluding carboxylic acids is 3. The maximum Gasteiger partial charge on any atom is 0.470 e. The number of hydrogen-bond acceptors (Lipinski definition) is 8. The smallest absolute Gasteiger partial charge is 0.415 e. The fourth-order valence-electron chi connectivity index (χ4n) is 4.41. The highest BCUT2D eigenvalue weighted by Crippen LogP contribution is 2.37. The van der Waals surface area contributed by atoms with Crippen molar-refractivity contribution in [2.75, 3.05) is 11.5 Å². The molecule has 1 unspecified atom stereocenters. The summed E-state index contributed by atoms with van der Waals surface area (Å²) in [5, 5.41) is 6.89. The minimum absolute atomic E-state index is 0.0567. The van der Waals surface area contributed by atoms with Crippen LogP contribution in [0.25, 0.3) is 17.0 Å². The Morgan fingerprint density at radius 1 is 1.14 bits per heavy atom. The average molecular weight is 626 g/mol. The van der Waals surface area contributed by atoms with Gasteiger partial charge < -0.3 is 10.2 Å². The van der Waals surface area contributed by atoms with Crippen molar-refractivity contribution in [3.8, 4) is 11.5 Å². The number of fused-ring (bicyclic) bond motifs is 1. The number of carbonyl (C=O) groups is 3. The molecule has 228 valence electrons. The summed E-state index contributed by atoms with van der Waals surface area (Å²) in [7, 11) is -0.854. The average Bonchev–Trinajstić information content (AvgIpc) is 3.46. The molecule has 2 aliphatic rings. The van der Waals surface area contributed by atoms with E-state index in [0.29, 0.717) is 40.3 Å². The molecule has 0 bridgehead atoms. The van der Waals surface area contributed by atoms with E-state index in [1.165, 1.54) is 11.1 Å². The number of aromatic nitrogens is 3. The van der Waals surface area contributed by atoms with Crippen LogP contribution < -0.4 is 5.73 Å². The first kappa shape index (κ1) is 31.6. The van der Waals surface area contributed by atoms with Crippen LogP contribution in [0.2, 0.25) is 0 Å². The van der Waals surface area contributed by atoms with Gasteiger partial charge in [-0.05, 0) is 55.2 Å². The molecule has 2 N–H and O–H groups in total. The summed E-state index contributed by atoms with van der Waals surface area (Å²) in [6, 6.07) is 8.68. The molecule has 0 aliphatic carbocycles. The molecule has 43 heavy (non-hydrogen) atoms. The van der Waals surface area contributed by atoms with E-state index in [1.54, 1.807) is 26.0 Å². The summed E-state index contributed by atoms with van der Waals surface area (Å²) in [5.74, 6) is -2.82. The molecule has 3 aromatic rings. The van der Waals surface area contributed by atoms with Gasteiger partial charge >= 0.3 is 18.5 Å². The first-order valence-corrected chi connectivity index (χ1v) is 14.1. The maximum atomic E-state index is 13.5. The highest BCUT2D eigenvalue weighted by Gasteiger charge is 2.44. The lowest BCUT2D eigenvalue weighted by Crippen LogP contribution is -2.51. The number of hydrogen-bond donors (Lipinski definition) is 1. The Morgan fingerprint density at radius 2 is 1.81 bits per heavy atom. The first-order chi connectivity index (χ1) is 20.1. The zero-order chi connectivity index (χ0) is 31.7. The van der Waals surface area contributed by atoms with Crippen molar-refractivity contribution in [2.45, 2.75) is 44.8 Å². The molecule has 0 saturated heterocycles. The fourth-order valence-corrected chi connectivity index (χ4v) is 5.41. The fraction of sp³-hybridized carbons (Fsp3) is 0.333. The van der Waals surface area contributed by atoms with E-state index in [2.05, 4.69) is 20.9 Å². The highest BCUT2D eigenvalue weighted by atomic mass is 32.2. The van der Waals surface area contributed by atoms with Gasteiger partial charge in [0.1, 0.15) is 0 Å². The second-order valence-electron chi connectivity index (χ2n) is 10.0. The standard InChI is InChI=1S/C25H22F2N4O4S.C2H2F3NO/c1-25(2)19-6-4-15(14-7-9-36(34)10-8-14)11-18(19)23(32)31(24(25)33)13-17-5-3-16(12-28-17)21-29-30-22(35-21)20(26)27;3-2(4,5)1(6)7/h3-7,11-12,20H,8-10,13H2,1-2H3;(H2,6,7). The van der Waals surface area contributed by atoms with Crippen molar-refractivity contribution in [1.82, 2.24) is 20.1 Å². The molecule has 2 aliphatic heterocycles. The topological polar surface area (TPSA) is 149 Å². The lowest BCUT2D eigenvalue weighted by atomic mass is 9.76. The van der Waals surface area contributed by atoms with Crippen LogP contribution >= 0.6 is 0 Å². The minimum Gasteiger partial charge on any atom is -0.415 e. The van der Waals surface area contributed by atoms with Crippen molar-refractivity contribution < 1.29 is 45.0 Å². The molecule has 5 rings (SSSR count). The normalized spacial score (nSPS) is 18.1. The molecule has 0 spiro atoms. The molecule has 1 aromatic carbocycles. The predicted octanol–water partition coefficient (Wildman–Crippen LogP) is 4.10. The minimum atomic E-state index is -4.86. The van der Waals surface area contributed by atoms with Crippen molar-refractivity contribution in [2.24, 2.45) is 5.73 Å². The lowest BCUT2D eigenvalue weighted by Gasteiger charge is -2.37. The van der Waals surface area contributed by atoms with E-state index >= 15 is 0 Å². The van der Waals surface area contributed by atoms with Crippen LogP contribution in [0.4, 0.5) is 22.0 Å². The van der Waals surface area contributed by atoms with Crippen molar-refractivity contribution in [3.05, 3.63) is 70.9 Å². The monoisotopic (exact) mass is 625 g/mol. The highest BCUT2D eigenvalue weighted by molar-refractivity contribution is 7.85. The van der Waals surface area contributed by atoms with Gasteiger partial charge in [0.25, 0.3) is 11.8 Å². The molecular weight excluding hydrogens is 601 g/mol. The van der Waals surface area contributed by atoms with E-state index in [4.69, 9.17) is 9.21 Å². The number of nitrogens with zero attached hydrogens (tertiary/aromatic N) is 4. The summed E-state index contributed by atoms with van der Waals surface area (Å²) in [4.78, 5) is 41.4. The third-order valence-corrected chi connectivity index (χ3v) is 7.93. The van der Waals surface area contributed by atoms with Gasteiger partial charge in [-0.2, -0.15) is 22.0 Å². The van der Waals surface area contributed by atoms with Gasteiger partial charge in [-0.1, -0.05) is 18.2 Å². The van der Waals surface area contributed by atoms with E-state index in [9.17, 15) is 35.8 Å². The van der Waals surface area contributed by atoms with Crippen molar-refractivity contribution in [3.63, 3.8) is 0 Å². The summed E-state index contributed by atoms with van der Waals surface area (Å²) < 4.78 is 74.2. The SMILES string of the molecule is CC1(C)C(=O)N(Cc2ccc(-c3nnc(C(F)F)o3)cn2)C(=O)c2cc(C3=CCS(=O)CC3)ccc21.NC(=O)C(F)(F)F. The maximum absolute atomic E-state index is 13.5. The summed E-state index contributed by atoms with van der Waals surface area (Å²) in [6.07, 6.45) is -3.75. The van der Waals surface area contributed by atoms with Gasteiger partial charge in [0.05, 0.1) is 23.2 Å². The van der Waals surface area contributed by atoms with Crippen LogP contribution in [0.3, 0.4) is 0 Å². The quantitative estimate of drug-likeness (QED) is 0.329. The second-order valence-corrected chi connectivity index (χ2v) is 11.6. The molecule has 10 nitrogen and oxygen atoms in total. The van der Waals surface area contributed by atoms with Crippen LogP contribution in [0.5, 0.6) is 0 Å². The number of nitrogens with two attached hydrogens (primary N) is 1. The number of pyridine rings is 1. The van der Waals surface area contributed by atoms with Gasteiger partial charge in [-0.15, -0.1) is 10.2 Å². The third kappa shape index (κ3) is 6.84. The van der Waals surface area contributed by atoms with Crippen LogP contribution in [0.15, 0.2) is 47.0 Å². The molecule has 0 saturated carbocycles. The van der Waals surface area contributed by atoms with Gasteiger partial charge in [0, 0.05) is 34.1 Å². The first-order valence-electron chi connectivity index (χ1n) is 12.6. The van der Waals surface area contributed by atoms with Crippen LogP contribution in [-0.2, 0) is 32.3 Å². The second kappa shape index (κ2) is 12.1. The van der Waals surface area contributed by atoms with E-state index in [0.717, 1.165) is 11.1 Å². The molecule has 1 atom stereocenters. The molecule has 0 radical (unpaired) electrons. The molecule has 0 fully saturated rings. The largest absolute Gasteiger partial charge is 0.470 e. The Hall–Kier alpha value is -4.34. The van der Waals surface area contributed by atoms with Crippen LogP contribution in [0, 0.1) is 0 Å². The van der Waals surface area contributed by atoms with Crippen LogP contribution in [0.1, 0.15) is 59.8 Å². The number of rotatable bonds is 5. The number of halogens is 5. The van der Waals surface area contributed by atoms with Crippen LogP contribution in [-0.4, -0.2) is 59.7 Å². The Morgan fingerprint density at radius 3 is 2.35 bits per heavy atom. The van der Waals surface area contributed by atoms with Crippen molar-refractivity contribution in [1.29, 1.82) is 0 Å². The molecular formula is C27H24F5N5O5S. The summed E-state index contributed by atoms with van der Waals surface area (Å²) in [5.41, 5.74) is 6.68. The zero-order valence-electron chi connectivity index (χ0n) is 22.7. The van der Waals surface area contributed by atoms with Crippen molar-refractivity contribution >= 4 is 34.1 Å². The number of alkyl halides is 5. The third-order valence-electron chi connectivity index (χ3n) is 6.73. The Balaban J connectivity index is 0.000000541. The van der Waals surface area contributed by atoms with Gasteiger partial charge in [-0.25, -0.2) is 0 Å². The van der Waals surface area contributed by atoms with E-state index in [1.807, 2.05) is 24.3 Å². The zero-order valence-corrected chi connectivity index (χ0v) is 23.5. The molecule has 16 heteroatoms. The summed E-state index contributed by atoms with van der Waals surface area (Å²) in [6.45, 7) is 3.50. The Bertz CT molecular complexity index is 1620. The number of benzene rings is 1. The Kier molecular flexibility index (Phi) is 8.89. The number of imide groups is 1. The number of primary amides is 1. The van der Waals surface area contributed by atoms with E-state index in [-0.39, 0.29) is 18.3 Å². The molecule has 2 aromatic heterocycles. The lowest BCUT2D eigenvalue weighted by molar-refractivity contribution is -0.169. The van der Waals surface area contributed by atoms with Gasteiger partial charge in [0.2, 0.25) is 11.8 Å². The molecule has 3 amide bonds. The van der Waals surface area contributed by atoms with E-state index < -0.39 is 46.5 Å². The van der Waals surface area contributed by atoms with Gasteiger partial charge in [-0.3, -0.25) is 28.5 Å². The molecule has 4 heterocycles. The number of allylic oxidation sites excluding steroid dienone is 1. The van der Waals surface area contributed by atoms with Gasteiger partial charge in [0.15, 0.2) is 0 Å². The Labute approximate surface area is 243 Å². The predicted molar refractivity (Wildman–Crippen MR) is 143 cm³/mol. The number of amides is 3. The summed E-state index contributed by atoms with van der Waals surface area (Å²) >= 11 is 0.